The van der Waals surface area contributed by atoms with Crippen molar-refractivity contribution in [1.82, 2.24) is 10.2 Å². The second-order valence-electron chi connectivity index (χ2n) is 8.63. The van der Waals surface area contributed by atoms with Crippen LogP contribution in [0.3, 0.4) is 0 Å². The molecule has 0 atom stereocenters. The third-order valence-corrected chi connectivity index (χ3v) is 6.82. The summed E-state index contributed by atoms with van der Waals surface area (Å²) in [4.78, 5) is 40.4. The van der Waals surface area contributed by atoms with Gasteiger partial charge < -0.3 is 15.0 Å². The summed E-state index contributed by atoms with van der Waals surface area (Å²) >= 11 is 0. The maximum atomic E-state index is 13.1. The van der Waals surface area contributed by atoms with Gasteiger partial charge in [-0.15, -0.1) is 12.4 Å². The van der Waals surface area contributed by atoms with Gasteiger partial charge in [-0.2, -0.15) is 0 Å². The van der Waals surface area contributed by atoms with E-state index in [4.69, 9.17) is 4.74 Å². The molecular formula is C23H32ClN3O4. The molecule has 0 aromatic heterocycles. The molecule has 4 rings (SSSR count). The average molecular weight is 450 g/mol. The lowest BCUT2D eigenvalue weighted by atomic mass is 9.83. The zero-order chi connectivity index (χ0) is 21.1. The Balaban J connectivity index is 0.00000272. The number of fused-ring (bicyclic) bond motifs is 1. The van der Waals surface area contributed by atoms with Gasteiger partial charge in [0.25, 0.3) is 5.91 Å². The largest absolute Gasteiger partial charge is 0.469 e. The molecule has 2 heterocycles. The number of nitrogens with one attached hydrogen (secondary N) is 1. The molecule has 1 N–H and O–H groups in total. The number of carbonyl (C=O) groups is 3. The van der Waals surface area contributed by atoms with Gasteiger partial charge in [0.15, 0.2) is 0 Å². The van der Waals surface area contributed by atoms with E-state index in [-0.39, 0.29) is 42.9 Å². The number of carbonyl (C=O) groups excluding carboxylic acids is 3. The van der Waals surface area contributed by atoms with E-state index < -0.39 is 0 Å². The molecule has 2 fully saturated rings. The van der Waals surface area contributed by atoms with Gasteiger partial charge >= 0.3 is 12.0 Å². The van der Waals surface area contributed by atoms with Crippen LogP contribution in [0.25, 0.3) is 0 Å². The first-order valence-electron chi connectivity index (χ1n) is 11.1. The highest BCUT2D eigenvalue weighted by atomic mass is 35.5. The number of hydrogen-bond donors (Lipinski definition) is 1. The van der Waals surface area contributed by atoms with Crippen molar-refractivity contribution in [1.29, 1.82) is 0 Å². The summed E-state index contributed by atoms with van der Waals surface area (Å²) in [6.45, 7) is 2.04. The minimum atomic E-state index is -0.190. The molecule has 31 heavy (non-hydrogen) atoms. The molecule has 170 valence electrons. The number of esters is 1. The standard InChI is InChI=1S/C23H31N3O4.ClH/c1-30-22(28)9-4-16-2-6-19(7-3-16)25-15-21(27)26(23(25)29)20-8-5-17-10-12-24-13-11-18(17)14-20;/h5,8,14,16,19,24H,2-4,6-7,9-13,15H2,1H3;1H/t16-,19-;. The summed E-state index contributed by atoms with van der Waals surface area (Å²) < 4.78 is 4.73. The first kappa shape index (κ1) is 23.5. The second-order valence-corrected chi connectivity index (χ2v) is 8.63. The van der Waals surface area contributed by atoms with E-state index in [1.54, 1.807) is 4.90 Å². The van der Waals surface area contributed by atoms with Crippen LogP contribution in [-0.4, -0.2) is 55.6 Å². The van der Waals surface area contributed by atoms with Crippen molar-refractivity contribution in [2.24, 2.45) is 5.92 Å². The molecule has 3 aliphatic rings. The number of anilines is 1. The van der Waals surface area contributed by atoms with Crippen molar-refractivity contribution in [3.63, 3.8) is 0 Å². The Labute approximate surface area is 189 Å². The normalized spacial score (nSPS) is 23.8. The smallest absolute Gasteiger partial charge is 0.332 e. The molecule has 1 aromatic carbocycles. The predicted molar refractivity (Wildman–Crippen MR) is 121 cm³/mol. The van der Waals surface area contributed by atoms with Gasteiger partial charge in [-0.3, -0.25) is 9.59 Å². The van der Waals surface area contributed by atoms with E-state index in [9.17, 15) is 14.4 Å². The van der Waals surface area contributed by atoms with Crippen LogP contribution < -0.4 is 10.2 Å². The van der Waals surface area contributed by atoms with Crippen molar-refractivity contribution in [3.05, 3.63) is 29.3 Å². The predicted octanol–water partition coefficient (Wildman–Crippen LogP) is 3.08. The van der Waals surface area contributed by atoms with Crippen LogP contribution in [0.1, 0.15) is 49.7 Å². The van der Waals surface area contributed by atoms with E-state index in [0.29, 0.717) is 18.0 Å². The van der Waals surface area contributed by atoms with Gasteiger partial charge in [0.2, 0.25) is 0 Å². The van der Waals surface area contributed by atoms with Crippen molar-refractivity contribution in [2.75, 3.05) is 31.6 Å². The van der Waals surface area contributed by atoms with Crippen LogP contribution in [0.15, 0.2) is 18.2 Å². The van der Waals surface area contributed by atoms with Crippen LogP contribution in [0.2, 0.25) is 0 Å². The van der Waals surface area contributed by atoms with Crippen molar-refractivity contribution in [2.45, 2.75) is 57.4 Å². The van der Waals surface area contributed by atoms with Crippen molar-refractivity contribution < 1.29 is 19.1 Å². The monoisotopic (exact) mass is 449 g/mol. The minimum absolute atomic E-state index is 0. The number of ether oxygens (including phenoxy) is 1. The number of rotatable bonds is 5. The summed E-state index contributed by atoms with van der Waals surface area (Å²) in [6, 6.07) is 5.90. The summed E-state index contributed by atoms with van der Waals surface area (Å²) in [5.41, 5.74) is 3.22. The van der Waals surface area contributed by atoms with Crippen LogP contribution in [0.5, 0.6) is 0 Å². The number of hydrogen-bond acceptors (Lipinski definition) is 5. The fourth-order valence-corrected chi connectivity index (χ4v) is 5.03. The first-order chi connectivity index (χ1) is 14.6. The maximum absolute atomic E-state index is 13.1. The van der Waals surface area contributed by atoms with Gasteiger partial charge in [-0.25, -0.2) is 9.69 Å². The molecule has 3 amide bonds. The molecule has 7 nitrogen and oxygen atoms in total. The van der Waals surface area contributed by atoms with Crippen molar-refractivity contribution >= 4 is 36.0 Å². The van der Waals surface area contributed by atoms with Crippen LogP contribution in [0, 0.1) is 5.92 Å². The Hall–Kier alpha value is -2.12. The fraction of sp³-hybridized carbons (Fsp3) is 0.609. The maximum Gasteiger partial charge on any atom is 0.332 e. The Morgan fingerprint density at radius 1 is 1.10 bits per heavy atom. The Kier molecular flexibility index (Phi) is 7.94. The molecule has 0 bridgehead atoms. The zero-order valence-corrected chi connectivity index (χ0v) is 18.9. The zero-order valence-electron chi connectivity index (χ0n) is 18.1. The van der Waals surface area contributed by atoms with E-state index >= 15 is 0 Å². The summed E-state index contributed by atoms with van der Waals surface area (Å²) in [5, 5.41) is 3.39. The molecule has 1 saturated heterocycles. The van der Waals surface area contributed by atoms with Crippen LogP contribution in [0.4, 0.5) is 10.5 Å². The summed E-state index contributed by atoms with van der Waals surface area (Å²) in [7, 11) is 1.42. The lowest BCUT2D eigenvalue weighted by molar-refractivity contribution is -0.141. The number of amides is 3. The van der Waals surface area contributed by atoms with Crippen LogP contribution >= 0.6 is 12.4 Å². The highest BCUT2D eigenvalue weighted by Gasteiger charge is 2.41. The molecular weight excluding hydrogens is 418 g/mol. The fourth-order valence-electron chi connectivity index (χ4n) is 5.03. The molecule has 1 saturated carbocycles. The quantitative estimate of drug-likeness (QED) is 0.552. The summed E-state index contributed by atoms with van der Waals surface area (Å²) in [5.74, 6) is 0.187. The minimum Gasteiger partial charge on any atom is -0.469 e. The molecule has 1 aromatic rings. The van der Waals surface area contributed by atoms with Crippen LogP contribution in [-0.2, 0) is 27.2 Å². The number of urea groups is 1. The average Bonchev–Trinajstić information content (AvgIpc) is 2.92. The van der Waals surface area contributed by atoms with E-state index in [2.05, 4.69) is 11.4 Å². The second kappa shape index (κ2) is 10.5. The Bertz CT molecular complexity index is 823. The molecule has 2 aliphatic heterocycles. The lowest BCUT2D eigenvalue weighted by Gasteiger charge is -2.33. The molecule has 1 aliphatic carbocycles. The molecule has 8 heteroatoms. The number of halogens is 1. The highest BCUT2D eigenvalue weighted by Crippen LogP contribution is 2.34. The molecule has 0 radical (unpaired) electrons. The lowest BCUT2D eigenvalue weighted by Crippen LogP contribution is -2.41. The number of methoxy groups -OCH3 is 1. The highest BCUT2D eigenvalue weighted by molar-refractivity contribution is 6.19. The van der Waals surface area contributed by atoms with E-state index in [1.165, 1.54) is 23.1 Å². The molecule has 0 spiro atoms. The van der Waals surface area contributed by atoms with Crippen molar-refractivity contribution in [3.8, 4) is 0 Å². The number of benzene rings is 1. The van der Waals surface area contributed by atoms with E-state index in [0.717, 1.165) is 58.0 Å². The SMILES string of the molecule is COC(=O)CC[C@H]1CC[C@H](N2CC(=O)N(c3ccc4c(c3)CCNCC4)C2=O)CC1.Cl. The van der Waals surface area contributed by atoms with E-state index in [1.807, 2.05) is 12.1 Å². The van der Waals surface area contributed by atoms with Gasteiger partial charge in [-0.1, -0.05) is 6.07 Å². The number of nitrogens with zero attached hydrogens (tertiary/aromatic N) is 2. The van der Waals surface area contributed by atoms with Gasteiger partial charge in [0.05, 0.1) is 12.8 Å². The third kappa shape index (κ3) is 5.21. The number of imide groups is 1. The topological polar surface area (TPSA) is 79.0 Å². The Morgan fingerprint density at radius 3 is 2.52 bits per heavy atom. The first-order valence-corrected chi connectivity index (χ1v) is 11.1. The van der Waals surface area contributed by atoms with Gasteiger partial charge in [0.1, 0.15) is 6.54 Å². The van der Waals surface area contributed by atoms with Gasteiger partial charge in [-0.05, 0) is 87.2 Å². The summed E-state index contributed by atoms with van der Waals surface area (Å²) in [6.07, 6.45) is 6.90. The Morgan fingerprint density at radius 2 is 1.81 bits per heavy atom. The third-order valence-electron chi connectivity index (χ3n) is 6.82. The van der Waals surface area contributed by atoms with Gasteiger partial charge in [0, 0.05) is 12.5 Å². The molecule has 0 unspecified atom stereocenters.